The quantitative estimate of drug-likeness (QED) is 0.586. The zero-order valence-corrected chi connectivity index (χ0v) is 19.8. The highest BCUT2D eigenvalue weighted by molar-refractivity contribution is 5.81. The Kier molecular flexibility index (Phi) is 8.14. The summed E-state index contributed by atoms with van der Waals surface area (Å²) in [6, 6.07) is 11.2. The molecule has 0 saturated heterocycles. The number of esters is 1. The molecule has 0 bridgehead atoms. The number of anilines is 1. The minimum absolute atomic E-state index is 0.320. The Labute approximate surface area is 195 Å². The van der Waals surface area contributed by atoms with Crippen molar-refractivity contribution in [1.29, 1.82) is 0 Å². The van der Waals surface area contributed by atoms with Crippen LogP contribution in [-0.2, 0) is 33.5 Å². The van der Waals surface area contributed by atoms with Crippen LogP contribution in [-0.4, -0.2) is 49.0 Å². The lowest BCUT2D eigenvalue weighted by atomic mass is 10.0. The number of benzene rings is 1. The SMILES string of the molecule is COC(=O)[C@H](Cc1ccc(CCCc2ccc3c(n2)NCCO3)cc1)NC(=O)OC(C)(C)C. The lowest BCUT2D eigenvalue weighted by Gasteiger charge is -2.22. The minimum atomic E-state index is -0.816. The molecule has 2 N–H and O–H groups in total. The summed E-state index contributed by atoms with van der Waals surface area (Å²) in [6.45, 7) is 6.75. The number of carbonyl (C=O) groups excluding carboxylic acids is 2. The number of nitrogens with one attached hydrogen (secondary N) is 2. The maximum absolute atomic E-state index is 12.1. The first-order valence-corrected chi connectivity index (χ1v) is 11.3. The molecule has 0 spiro atoms. The number of methoxy groups -OCH3 is 1. The van der Waals surface area contributed by atoms with E-state index in [9.17, 15) is 9.59 Å². The number of aryl methyl sites for hydroxylation is 2. The van der Waals surface area contributed by atoms with Gasteiger partial charge in [-0.3, -0.25) is 0 Å². The first kappa shape index (κ1) is 24.4. The van der Waals surface area contributed by atoms with Crippen LogP contribution < -0.4 is 15.4 Å². The maximum Gasteiger partial charge on any atom is 0.408 e. The number of aromatic nitrogens is 1. The maximum atomic E-state index is 12.1. The Balaban J connectivity index is 1.51. The first-order valence-electron chi connectivity index (χ1n) is 11.3. The van der Waals surface area contributed by atoms with Gasteiger partial charge in [-0.05, 0) is 63.3 Å². The normalized spacial score (nSPS) is 13.7. The molecule has 3 rings (SSSR count). The van der Waals surface area contributed by atoms with Gasteiger partial charge >= 0.3 is 12.1 Å². The van der Waals surface area contributed by atoms with Crippen LogP contribution >= 0.6 is 0 Å². The van der Waals surface area contributed by atoms with E-state index in [-0.39, 0.29) is 0 Å². The minimum Gasteiger partial charge on any atom is -0.488 e. The van der Waals surface area contributed by atoms with Crippen LogP contribution in [0, 0.1) is 0 Å². The van der Waals surface area contributed by atoms with Crippen molar-refractivity contribution in [3.8, 4) is 5.75 Å². The highest BCUT2D eigenvalue weighted by Crippen LogP contribution is 2.25. The zero-order chi connectivity index (χ0) is 23.8. The van der Waals surface area contributed by atoms with Crippen LogP contribution in [0.4, 0.5) is 10.6 Å². The van der Waals surface area contributed by atoms with Crippen molar-refractivity contribution in [1.82, 2.24) is 10.3 Å². The number of hydrogen-bond donors (Lipinski definition) is 2. The highest BCUT2D eigenvalue weighted by atomic mass is 16.6. The van der Waals surface area contributed by atoms with Gasteiger partial charge in [-0.1, -0.05) is 24.3 Å². The summed E-state index contributed by atoms with van der Waals surface area (Å²) in [6.07, 6.45) is 2.43. The number of carbonyl (C=O) groups is 2. The summed E-state index contributed by atoms with van der Waals surface area (Å²) in [5.74, 6) is 1.12. The molecule has 0 radical (unpaired) electrons. The molecule has 0 unspecified atom stereocenters. The second-order valence-electron chi connectivity index (χ2n) is 9.02. The van der Waals surface area contributed by atoms with E-state index in [4.69, 9.17) is 14.2 Å². The molecule has 1 aliphatic rings. The average Bonchev–Trinajstić information content (AvgIpc) is 2.78. The number of nitrogens with zero attached hydrogens (tertiary/aromatic N) is 1. The monoisotopic (exact) mass is 455 g/mol. The van der Waals surface area contributed by atoms with Gasteiger partial charge in [-0.25, -0.2) is 14.6 Å². The molecule has 1 aromatic heterocycles. The summed E-state index contributed by atoms with van der Waals surface area (Å²) < 4.78 is 15.7. The van der Waals surface area contributed by atoms with Gasteiger partial charge in [0, 0.05) is 12.1 Å². The average molecular weight is 456 g/mol. The third kappa shape index (κ3) is 7.66. The molecule has 1 aromatic carbocycles. The Morgan fingerprint density at radius 1 is 1.12 bits per heavy atom. The lowest BCUT2D eigenvalue weighted by Crippen LogP contribution is -2.45. The summed E-state index contributed by atoms with van der Waals surface area (Å²) >= 11 is 0. The van der Waals surface area contributed by atoms with Crippen LogP contribution in [0.25, 0.3) is 0 Å². The third-order valence-electron chi connectivity index (χ3n) is 5.11. The van der Waals surface area contributed by atoms with Gasteiger partial charge in [0.05, 0.1) is 13.7 Å². The molecular formula is C25H33N3O5. The molecule has 8 nitrogen and oxygen atoms in total. The van der Waals surface area contributed by atoms with Gasteiger partial charge in [-0.15, -0.1) is 0 Å². The molecule has 1 amide bonds. The smallest absolute Gasteiger partial charge is 0.408 e. The molecule has 0 saturated carbocycles. The Hall–Kier alpha value is -3.29. The molecule has 8 heteroatoms. The molecule has 1 aliphatic heterocycles. The molecule has 0 fully saturated rings. The molecule has 33 heavy (non-hydrogen) atoms. The fraction of sp³-hybridized carbons (Fsp3) is 0.480. The van der Waals surface area contributed by atoms with Crippen LogP contribution in [0.15, 0.2) is 36.4 Å². The van der Waals surface area contributed by atoms with E-state index in [1.165, 1.54) is 12.7 Å². The molecule has 1 atom stereocenters. The van der Waals surface area contributed by atoms with E-state index in [1.54, 1.807) is 20.8 Å². The van der Waals surface area contributed by atoms with Crippen molar-refractivity contribution in [3.05, 3.63) is 53.2 Å². The summed E-state index contributed by atoms with van der Waals surface area (Å²) in [7, 11) is 1.30. The van der Waals surface area contributed by atoms with E-state index in [0.29, 0.717) is 13.0 Å². The standard InChI is InChI=1S/C25H33N3O5/c1-25(2,3)33-24(30)28-20(23(29)31-4)16-18-10-8-17(9-11-18)6-5-7-19-12-13-21-22(27-19)26-14-15-32-21/h8-13,20H,5-7,14-16H2,1-4H3,(H,26,27)(H,28,30)/t20-/m0/s1. The van der Waals surface area contributed by atoms with Crippen LogP contribution in [0.2, 0.25) is 0 Å². The fourth-order valence-corrected chi connectivity index (χ4v) is 3.54. The Morgan fingerprint density at radius 2 is 1.85 bits per heavy atom. The van der Waals surface area contributed by atoms with Gasteiger partial charge in [0.25, 0.3) is 0 Å². The number of pyridine rings is 1. The van der Waals surface area contributed by atoms with Gasteiger partial charge in [0.2, 0.25) is 0 Å². The number of fused-ring (bicyclic) bond motifs is 1. The van der Waals surface area contributed by atoms with Crippen molar-refractivity contribution in [2.45, 2.75) is 58.1 Å². The van der Waals surface area contributed by atoms with E-state index in [0.717, 1.165) is 48.6 Å². The number of hydrogen-bond acceptors (Lipinski definition) is 7. The van der Waals surface area contributed by atoms with Gasteiger partial charge in [-0.2, -0.15) is 0 Å². The topological polar surface area (TPSA) is 98.8 Å². The second-order valence-corrected chi connectivity index (χ2v) is 9.02. The van der Waals surface area contributed by atoms with E-state index >= 15 is 0 Å². The predicted molar refractivity (Wildman–Crippen MR) is 126 cm³/mol. The Morgan fingerprint density at radius 3 is 2.55 bits per heavy atom. The molecule has 2 heterocycles. The second kappa shape index (κ2) is 11.0. The van der Waals surface area contributed by atoms with Crippen molar-refractivity contribution < 1.29 is 23.8 Å². The van der Waals surface area contributed by atoms with E-state index < -0.39 is 23.7 Å². The molecule has 0 aliphatic carbocycles. The molecule has 178 valence electrons. The van der Waals surface area contributed by atoms with Crippen molar-refractivity contribution in [3.63, 3.8) is 0 Å². The van der Waals surface area contributed by atoms with Crippen LogP contribution in [0.1, 0.15) is 44.0 Å². The number of amides is 1. The van der Waals surface area contributed by atoms with Crippen molar-refractivity contribution in [2.75, 3.05) is 25.6 Å². The zero-order valence-electron chi connectivity index (χ0n) is 19.8. The first-order chi connectivity index (χ1) is 15.7. The van der Waals surface area contributed by atoms with Gasteiger partial charge in [0.15, 0.2) is 11.6 Å². The number of ether oxygens (including phenoxy) is 3. The molecular weight excluding hydrogens is 422 g/mol. The fourth-order valence-electron chi connectivity index (χ4n) is 3.54. The van der Waals surface area contributed by atoms with Crippen LogP contribution in [0.3, 0.4) is 0 Å². The Bertz CT molecular complexity index is 954. The largest absolute Gasteiger partial charge is 0.488 e. The van der Waals surface area contributed by atoms with Crippen LogP contribution in [0.5, 0.6) is 5.75 Å². The summed E-state index contributed by atoms with van der Waals surface area (Å²) in [4.78, 5) is 28.9. The van der Waals surface area contributed by atoms with Gasteiger partial charge in [0.1, 0.15) is 18.2 Å². The predicted octanol–water partition coefficient (Wildman–Crippen LogP) is 3.67. The van der Waals surface area contributed by atoms with E-state index in [2.05, 4.69) is 15.6 Å². The van der Waals surface area contributed by atoms with Crippen molar-refractivity contribution in [2.24, 2.45) is 0 Å². The van der Waals surface area contributed by atoms with Gasteiger partial charge < -0.3 is 24.8 Å². The number of rotatable bonds is 8. The lowest BCUT2D eigenvalue weighted by molar-refractivity contribution is -0.143. The van der Waals surface area contributed by atoms with E-state index in [1.807, 2.05) is 36.4 Å². The molecule has 2 aromatic rings. The number of alkyl carbamates (subject to hydrolysis) is 1. The highest BCUT2D eigenvalue weighted by Gasteiger charge is 2.25. The third-order valence-corrected chi connectivity index (χ3v) is 5.11. The summed E-state index contributed by atoms with van der Waals surface area (Å²) in [5, 5.41) is 5.87. The van der Waals surface area contributed by atoms with Crippen molar-refractivity contribution >= 4 is 17.9 Å². The summed E-state index contributed by atoms with van der Waals surface area (Å²) in [5.41, 5.74) is 2.52.